The first-order chi connectivity index (χ1) is 14.0. The molecule has 2 aliphatic rings. The molecule has 2 heterocycles. The summed E-state index contributed by atoms with van der Waals surface area (Å²) in [5.41, 5.74) is 1.35. The highest BCUT2D eigenvalue weighted by Crippen LogP contribution is 2.37. The van der Waals surface area contributed by atoms with Gasteiger partial charge in [0.05, 0.1) is 13.0 Å². The van der Waals surface area contributed by atoms with Crippen LogP contribution in [0.3, 0.4) is 0 Å². The highest BCUT2D eigenvalue weighted by molar-refractivity contribution is 5.78. The van der Waals surface area contributed by atoms with E-state index in [0.717, 1.165) is 11.1 Å². The molecule has 1 spiro atoms. The van der Waals surface area contributed by atoms with Crippen molar-refractivity contribution in [3.8, 4) is 0 Å². The van der Waals surface area contributed by atoms with Crippen LogP contribution in [0.2, 0.25) is 0 Å². The van der Waals surface area contributed by atoms with Crippen LogP contribution >= 0.6 is 0 Å². The molecule has 2 saturated heterocycles. The van der Waals surface area contributed by atoms with Crippen molar-refractivity contribution >= 4 is 11.9 Å². The molecule has 1 N–H and O–H groups in total. The van der Waals surface area contributed by atoms with E-state index in [1.54, 1.807) is 17.0 Å². The maximum absolute atomic E-state index is 13.0. The number of carbonyl (C=O) groups is 2. The van der Waals surface area contributed by atoms with E-state index in [-0.39, 0.29) is 17.8 Å². The predicted octanol–water partition coefficient (Wildman–Crippen LogP) is 3.23. The van der Waals surface area contributed by atoms with Crippen molar-refractivity contribution in [2.75, 3.05) is 13.1 Å². The maximum Gasteiger partial charge on any atom is 0.317 e. The standard InChI is InChI=1S/C22H24FN3O3/c23-19-8-6-17(7-9-19)15-24-21(28)25-12-10-22(11-13-25)14-20(27)26(29-22)16-18-4-2-1-3-5-18/h1-9H,10-16H2,(H,24,28). The van der Waals surface area contributed by atoms with E-state index in [0.29, 0.717) is 45.4 Å². The van der Waals surface area contributed by atoms with Gasteiger partial charge >= 0.3 is 6.03 Å². The predicted molar refractivity (Wildman–Crippen MR) is 105 cm³/mol. The molecule has 0 aliphatic carbocycles. The van der Waals surface area contributed by atoms with Crippen molar-refractivity contribution in [1.29, 1.82) is 0 Å². The number of hydrogen-bond acceptors (Lipinski definition) is 3. The minimum atomic E-state index is -0.514. The van der Waals surface area contributed by atoms with Gasteiger partial charge in [-0.1, -0.05) is 42.5 Å². The maximum atomic E-state index is 13.0. The Morgan fingerprint density at radius 3 is 2.41 bits per heavy atom. The Bertz CT molecular complexity index is 865. The molecule has 3 amide bonds. The van der Waals surface area contributed by atoms with Gasteiger partial charge in [-0.3, -0.25) is 9.63 Å². The van der Waals surface area contributed by atoms with E-state index in [9.17, 15) is 14.0 Å². The summed E-state index contributed by atoms with van der Waals surface area (Å²) in [6.45, 7) is 1.84. The lowest BCUT2D eigenvalue weighted by atomic mass is 9.89. The van der Waals surface area contributed by atoms with Gasteiger partial charge in [0.1, 0.15) is 11.4 Å². The van der Waals surface area contributed by atoms with Crippen molar-refractivity contribution in [3.05, 3.63) is 71.5 Å². The molecule has 29 heavy (non-hydrogen) atoms. The molecule has 152 valence electrons. The fourth-order valence-corrected chi connectivity index (χ4v) is 3.83. The number of hydroxylamine groups is 2. The van der Waals surface area contributed by atoms with Crippen LogP contribution in [0.1, 0.15) is 30.4 Å². The number of piperidine rings is 1. The van der Waals surface area contributed by atoms with Crippen LogP contribution < -0.4 is 5.32 Å². The van der Waals surface area contributed by atoms with Crippen molar-refractivity contribution in [3.63, 3.8) is 0 Å². The summed E-state index contributed by atoms with van der Waals surface area (Å²) >= 11 is 0. The third-order valence-electron chi connectivity index (χ3n) is 5.54. The van der Waals surface area contributed by atoms with E-state index >= 15 is 0 Å². The monoisotopic (exact) mass is 397 g/mol. The number of hydrogen-bond donors (Lipinski definition) is 1. The van der Waals surface area contributed by atoms with E-state index in [1.165, 1.54) is 17.2 Å². The fourth-order valence-electron chi connectivity index (χ4n) is 3.83. The first kappa shape index (κ1) is 19.4. The molecule has 0 saturated carbocycles. The van der Waals surface area contributed by atoms with Crippen LogP contribution in [0.4, 0.5) is 9.18 Å². The van der Waals surface area contributed by atoms with Gasteiger partial charge in [0.15, 0.2) is 0 Å². The van der Waals surface area contributed by atoms with Crippen LogP contribution in [-0.2, 0) is 22.7 Å². The molecule has 2 aromatic carbocycles. The van der Waals surface area contributed by atoms with Gasteiger partial charge in [0.2, 0.25) is 5.91 Å². The molecular formula is C22H24FN3O3. The number of nitrogens with one attached hydrogen (secondary N) is 1. The molecule has 0 radical (unpaired) electrons. The van der Waals surface area contributed by atoms with Crippen LogP contribution in [0.5, 0.6) is 0 Å². The molecule has 6 nitrogen and oxygen atoms in total. The molecule has 0 atom stereocenters. The van der Waals surface area contributed by atoms with E-state index < -0.39 is 5.60 Å². The van der Waals surface area contributed by atoms with Crippen LogP contribution in [0.25, 0.3) is 0 Å². The largest absolute Gasteiger partial charge is 0.334 e. The summed E-state index contributed by atoms with van der Waals surface area (Å²) in [7, 11) is 0. The third-order valence-corrected chi connectivity index (χ3v) is 5.54. The summed E-state index contributed by atoms with van der Waals surface area (Å²) in [6, 6.07) is 15.7. The third kappa shape index (κ3) is 4.56. The Labute approximate surface area is 169 Å². The lowest BCUT2D eigenvalue weighted by molar-refractivity contribution is -0.213. The lowest BCUT2D eigenvalue weighted by Gasteiger charge is -2.37. The molecular weight excluding hydrogens is 373 g/mol. The minimum absolute atomic E-state index is 0.0111. The molecule has 2 aromatic rings. The Kier molecular flexibility index (Phi) is 5.49. The first-order valence-corrected chi connectivity index (χ1v) is 9.84. The highest BCUT2D eigenvalue weighted by atomic mass is 19.1. The summed E-state index contributed by atoms with van der Waals surface area (Å²) in [4.78, 5) is 32.7. The Morgan fingerprint density at radius 1 is 1.03 bits per heavy atom. The molecule has 0 aromatic heterocycles. The average molecular weight is 397 g/mol. The topological polar surface area (TPSA) is 61.9 Å². The van der Waals surface area contributed by atoms with Gasteiger partial charge in [-0.2, -0.15) is 0 Å². The molecule has 2 aliphatic heterocycles. The molecule has 0 unspecified atom stereocenters. The second-order valence-corrected chi connectivity index (χ2v) is 7.64. The number of nitrogens with zero attached hydrogens (tertiary/aromatic N) is 2. The Hall–Kier alpha value is -2.93. The second-order valence-electron chi connectivity index (χ2n) is 7.64. The van der Waals surface area contributed by atoms with E-state index in [1.807, 2.05) is 30.3 Å². The van der Waals surface area contributed by atoms with E-state index in [4.69, 9.17) is 4.84 Å². The molecule has 4 rings (SSSR count). The van der Waals surface area contributed by atoms with Gasteiger partial charge in [-0.15, -0.1) is 0 Å². The smallest absolute Gasteiger partial charge is 0.317 e. The summed E-state index contributed by atoms with van der Waals surface area (Å²) in [5.74, 6) is -0.308. The summed E-state index contributed by atoms with van der Waals surface area (Å²) in [5, 5.41) is 4.32. The first-order valence-electron chi connectivity index (χ1n) is 9.84. The Balaban J connectivity index is 1.28. The minimum Gasteiger partial charge on any atom is -0.334 e. The van der Waals surface area contributed by atoms with Crippen molar-refractivity contribution in [2.45, 2.75) is 38.0 Å². The zero-order valence-corrected chi connectivity index (χ0v) is 16.1. The number of halogens is 1. The van der Waals surface area contributed by atoms with Crippen molar-refractivity contribution < 1.29 is 18.8 Å². The molecule has 7 heteroatoms. The van der Waals surface area contributed by atoms with Crippen molar-refractivity contribution in [1.82, 2.24) is 15.3 Å². The van der Waals surface area contributed by atoms with Crippen LogP contribution in [-0.4, -0.2) is 40.6 Å². The SMILES string of the molecule is O=C(NCc1ccc(F)cc1)N1CCC2(CC1)CC(=O)N(Cc1ccccc1)O2. The van der Waals surface area contributed by atoms with E-state index in [2.05, 4.69) is 5.32 Å². The quantitative estimate of drug-likeness (QED) is 0.862. The summed E-state index contributed by atoms with van der Waals surface area (Å²) in [6.07, 6.45) is 1.59. The Morgan fingerprint density at radius 2 is 1.72 bits per heavy atom. The number of rotatable bonds is 4. The highest BCUT2D eigenvalue weighted by Gasteiger charge is 2.47. The number of benzene rings is 2. The number of urea groups is 1. The van der Waals surface area contributed by atoms with Gasteiger partial charge in [0, 0.05) is 19.6 Å². The number of amides is 3. The van der Waals surface area contributed by atoms with Crippen LogP contribution in [0.15, 0.2) is 54.6 Å². The molecule has 0 bridgehead atoms. The fraction of sp³-hybridized carbons (Fsp3) is 0.364. The summed E-state index contributed by atoms with van der Waals surface area (Å²) < 4.78 is 13.0. The van der Waals surface area contributed by atoms with Gasteiger partial charge < -0.3 is 10.2 Å². The number of likely N-dealkylation sites (tertiary alicyclic amines) is 1. The molecule has 2 fully saturated rings. The average Bonchev–Trinajstić information content (AvgIpc) is 3.03. The van der Waals surface area contributed by atoms with Gasteiger partial charge in [-0.05, 0) is 36.1 Å². The zero-order chi connectivity index (χ0) is 20.3. The second kappa shape index (κ2) is 8.21. The van der Waals surface area contributed by atoms with Gasteiger partial charge in [0.25, 0.3) is 0 Å². The zero-order valence-electron chi connectivity index (χ0n) is 16.1. The normalized spacial score (nSPS) is 18.3. The van der Waals surface area contributed by atoms with Crippen LogP contribution in [0, 0.1) is 5.82 Å². The lowest BCUT2D eigenvalue weighted by Crippen LogP contribution is -2.50. The number of carbonyl (C=O) groups excluding carboxylic acids is 2. The van der Waals surface area contributed by atoms with Crippen molar-refractivity contribution in [2.24, 2.45) is 0 Å². The van der Waals surface area contributed by atoms with Gasteiger partial charge in [-0.25, -0.2) is 14.2 Å².